The largest absolute Gasteiger partial charge is 0.503 e. The summed E-state index contributed by atoms with van der Waals surface area (Å²) >= 11 is 0. The highest BCUT2D eigenvalue weighted by Gasteiger charge is 2.30. The van der Waals surface area contributed by atoms with E-state index in [1.54, 1.807) is 6.92 Å². The number of ketones is 1. The number of methoxy groups -OCH3 is 1. The van der Waals surface area contributed by atoms with Crippen LogP contribution < -0.4 is 9.47 Å². The van der Waals surface area contributed by atoms with Gasteiger partial charge in [0, 0.05) is 18.7 Å². The van der Waals surface area contributed by atoms with E-state index in [9.17, 15) is 14.7 Å². The number of aromatic nitrogens is 1. The third-order valence-electron chi connectivity index (χ3n) is 4.98. The molecule has 7 heteroatoms. The van der Waals surface area contributed by atoms with Crippen molar-refractivity contribution in [1.29, 1.82) is 0 Å². The molecule has 2 aromatic rings. The molecule has 1 aromatic heterocycles. The highest BCUT2D eigenvalue weighted by Crippen LogP contribution is 2.29. The van der Waals surface area contributed by atoms with Gasteiger partial charge in [-0.05, 0) is 31.9 Å². The van der Waals surface area contributed by atoms with Crippen LogP contribution in [0.25, 0.3) is 0 Å². The maximum atomic E-state index is 12.7. The van der Waals surface area contributed by atoms with Gasteiger partial charge in [0.25, 0.3) is 0 Å². The Kier molecular flexibility index (Phi) is 8.42. The Morgan fingerprint density at radius 3 is 2.29 bits per heavy atom. The average Bonchev–Trinajstić information content (AvgIpc) is 2.73. The Morgan fingerprint density at radius 1 is 1.06 bits per heavy atom. The van der Waals surface area contributed by atoms with Crippen molar-refractivity contribution in [2.45, 2.75) is 53.2 Å². The fourth-order valence-electron chi connectivity index (χ4n) is 3.19. The quantitative estimate of drug-likeness (QED) is 0.443. The van der Waals surface area contributed by atoms with Crippen molar-refractivity contribution in [1.82, 2.24) is 4.98 Å². The molecular formula is C24H31NO6. The highest BCUT2D eigenvalue weighted by molar-refractivity contribution is 5.99. The molecule has 168 valence electrons. The van der Waals surface area contributed by atoms with E-state index < -0.39 is 23.8 Å². The van der Waals surface area contributed by atoms with Crippen LogP contribution in [0, 0.1) is 18.8 Å². The molecular weight excluding hydrogens is 398 g/mol. The van der Waals surface area contributed by atoms with E-state index in [-0.39, 0.29) is 35.6 Å². The summed E-state index contributed by atoms with van der Waals surface area (Å²) in [7, 11) is 1.38. The van der Waals surface area contributed by atoms with Gasteiger partial charge < -0.3 is 19.3 Å². The van der Waals surface area contributed by atoms with Gasteiger partial charge in [0.15, 0.2) is 23.0 Å². The van der Waals surface area contributed by atoms with Gasteiger partial charge in [-0.15, -0.1) is 0 Å². The third kappa shape index (κ3) is 6.44. The van der Waals surface area contributed by atoms with Crippen molar-refractivity contribution in [3.8, 4) is 17.2 Å². The summed E-state index contributed by atoms with van der Waals surface area (Å²) in [5, 5.41) is 10.1. The van der Waals surface area contributed by atoms with Crippen LogP contribution in [0.1, 0.15) is 50.2 Å². The zero-order valence-corrected chi connectivity index (χ0v) is 18.9. The number of ether oxygens (including phenoxy) is 3. The standard InChI is InChI=1S/C24H31NO6/c1-14(2)23(17(5)30-18-9-7-15(3)8-10-18)31-24(28)16(4)13-19(26)21-22(27)20(29-6)11-12-25-21/h7-12,14,16-17,23,27H,13H2,1-6H3/t16-,17+,23-/m1/s1. The molecule has 0 unspecified atom stereocenters. The summed E-state index contributed by atoms with van der Waals surface area (Å²) in [5.41, 5.74) is 0.998. The second-order valence-corrected chi connectivity index (χ2v) is 8.02. The van der Waals surface area contributed by atoms with Crippen molar-refractivity contribution < 1.29 is 28.9 Å². The summed E-state index contributed by atoms with van der Waals surface area (Å²) in [4.78, 5) is 29.2. The minimum Gasteiger partial charge on any atom is -0.503 e. The molecule has 1 heterocycles. The number of benzene rings is 1. The van der Waals surface area contributed by atoms with E-state index in [0.717, 1.165) is 5.56 Å². The van der Waals surface area contributed by atoms with Crippen molar-refractivity contribution in [3.05, 3.63) is 47.8 Å². The van der Waals surface area contributed by atoms with Gasteiger partial charge in [0.05, 0.1) is 13.0 Å². The van der Waals surface area contributed by atoms with E-state index in [1.807, 2.05) is 52.0 Å². The Balaban J connectivity index is 2.02. The molecule has 0 fully saturated rings. The summed E-state index contributed by atoms with van der Waals surface area (Å²) in [6.45, 7) is 9.35. The van der Waals surface area contributed by atoms with Crippen LogP contribution in [0.3, 0.4) is 0 Å². The minimum absolute atomic E-state index is 0.0106. The third-order valence-corrected chi connectivity index (χ3v) is 4.98. The van der Waals surface area contributed by atoms with Gasteiger partial charge in [-0.1, -0.05) is 38.5 Å². The molecule has 7 nitrogen and oxygen atoms in total. The average molecular weight is 430 g/mol. The Morgan fingerprint density at radius 2 is 1.71 bits per heavy atom. The molecule has 0 saturated heterocycles. The lowest BCUT2D eigenvalue weighted by molar-refractivity contribution is -0.161. The van der Waals surface area contributed by atoms with Gasteiger partial charge in [-0.25, -0.2) is 4.98 Å². The zero-order chi connectivity index (χ0) is 23.1. The lowest BCUT2D eigenvalue weighted by Gasteiger charge is -2.29. The summed E-state index contributed by atoms with van der Waals surface area (Å²) in [5.74, 6) is -1.17. The molecule has 0 aliphatic rings. The number of hydrogen-bond acceptors (Lipinski definition) is 7. The van der Waals surface area contributed by atoms with Gasteiger partial charge >= 0.3 is 5.97 Å². The van der Waals surface area contributed by atoms with Crippen LogP contribution in [0.4, 0.5) is 0 Å². The van der Waals surface area contributed by atoms with Crippen molar-refractivity contribution in [2.24, 2.45) is 11.8 Å². The molecule has 0 saturated carbocycles. The van der Waals surface area contributed by atoms with Crippen molar-refractivity contribution in [3.63, 3.8) is 0 Å². The van der Waals surface area contributed by atoms with E-state index in [0.29, 0.717) is 5.75 Å². The maximum Gasteiger partial charge on any atom is 0.309 e. The number of Topliss-reactive ketones (excluding diaryl/α,β-unsaturated/α-hetero) is 1. The molecule has 1 aromatic carbocycles. The first kappa shape index (κ1) is 24.2. The Hall–Kier alpha value is -3.09. The lowest BCUT2D eigenvalue weighted by atomic mass is 10.00. The fourth-order valence-corrected chi connectivity index (χ4v) is 3.19. The molecule has 0 spiro atoms. The predicted octanol–water partition coefficient (Wildman–Crippen LogP) is 4.35. The number of rotatable bonds is 10. The first-order chi connectivity index (χ1) is 14.6. The number of nitrogens with zero attached hydrogens (tertiary/aromatic N) is 1. The molecule has 0 amide bonds. The van der Waals surface area contributed by atoms with Gasteiger partial charge in [-0.3, -0.25) is 9.59 Å². The number of hydrogen-bond donors (Lipinski definition) is 1. The maximum absolute atomic E-state index is 12.7. The number of aryl methyl sites for hydroxylation is 1. The van der Waals surface area contributed by atoms with E-state index in [2.05, 4.69) is 4.98 Å². The lowest BCUT2D eigenvalue weighted by Crippen LogP contribution is -2.39. The summed E-state index contributed by atoms with van der Waals surface area (Å²) < 4.78 is 16.7. The van der Waals surface area contributed by atoms with Gasteiger partial charge in [0.1, 0.15) is 18.0 Å². The van der Waals surface area contributed by atoms with Crippen LogP contribution in [0.15, 0.2) is 36.5 Å². The SMILES string of the molecule is COc1ccnc(C(=O)C[C@@H](C)C(=O)O[C@H](C(C)C)[C@H](C)Oc2ccc(C)cc2)c1O. The van der Waals surface area contributed by atoms with Crippen LogP contribution in [-0.2, 0) is 9.53 Å². The molecule has 0 bridgehead atoms. The molecule has 2 rings (SSSR count). The number of aromatic hydroxyl groups is 1. The summed E-state index contributed by atoms with van der Waals surface area (Å²) in [6, 6.07) is 9.11. The molecule has 0 aliphatic heterocycles. The summed E-state index contributed by atoms with van der Waals surface area (Å²) in [6.07, 6.45) is 0.353. The molecule has 31 heavy (non-hydrogen) atoms. The minimum atomic E-state index is -0.715. The molecule has 0 aliphatic carbocycles. The first-order valence-electron chi connectivity index (χ1n) is 10.3. The predicted molar refractivity (Wildman–Crippen MR) is 117 cm³/mol. The van der Waals surface area contributed by atoms with E-state index >= 15 is 0 Å². The first-order valence-corrected chi connectivity index (χ1v) is 10.3. The van der Waals surface area contributed by atoms with Crippen molar-refractivity contribution >= 4 is 11.8 Å². The van der Waals surface area contributed by atoms with Gasteiger partial charge in [0.2, 0.25) is 0 Å². The normalized spacial score (nSPS) is 13.9. The van der Waals surface area contributed by atoms with Crippen LogP contribution in [0.2, 0.25) is 0 Å². The Bertz CT molecular complexity index is 893. The fraction of sp³-hybridized carbons (Fsp3) is 0.458. The number of carbonyl (C=O) groups is 2. The molecule has 0 radical (unpaired) electrons. The van der Waals surface area contributed by atoms with Crippen LogP contribution >= 0.6 is 0 Å². The zero-order valence-electron chi connectivity index (χ0n) is 18.9. The van der Waals surface area contributed by atoms with Crippen LogP contribution in [-0.4, -0.2) is 41.2 Å². The van der Waals surface area contributed by atoms with Crippen LogP contribution in [0.5, 0.6) is 17.2 Å². The van der Waals surface area contributed by atoms with Gasteiger partial charge in [-0.2, -0.15) is 0 Å². The van der Waals surface area contributed by atoms with E-state index in [1.165, 1.54) is 19.4 Å². The second-order valence-electron chi connectivity index (χ2n) is 8.02. The highest BCUT2D eigenvalue weighted by atomic mass is 16.6. The Labute approximate surface area is 183 Å². The number of esters is 1. The van der Waals surface area contributed by atoms with Crippen molar-refractivity contribution in [2.75, 3.05) is 7.11 Å². The molecule has 3 atom stereocenters. The number of pyridine rings is 1. The smallest absolute Gasteiger partial charge is 0.309 e. The monoisotopic (exact) mass is 429 g/mol. The van der Waals surface area contributed by atoms with E-state index in [4.69, 9.17) is 14.2 Å². The second kappa shape index (κ2) is 10.8. The topological polar surface area (TPSA) is 95.0 Å². The molecule has 1 N–H and O–H groups in total. The number of carbonyl (C=O) groups excluding carboxylic acids is 2.